The van der Waals surface area contributed by atoms with Crippen LogP contribution in [0.5, 0.6) is 0 Å². The molecule has 0 aliphatic heterocycles. The van der Waals surface area contributed by atoms with Gasteiger partial charge in [-0.2, -0.15) is 10.5 Å². The first-order valence-corrected chi connectivity index (χ1v) is 12.2. The van der Waals surface area contributed by atoms with Gasteiger partial charge in [-0.15, -0.1) is 12.4 Å². The lowest BCUT2D eigenvalue weighted by molar-refractivity contribution is 0.0622. The van der Waals surface area contributed by atoms with Crippen LogP contribution < -0.4 is 0 Å². The second kappa shape index (κ2) is 11.4. The predicted molar refractivity (Wildman–Crippen MR) is 150 cm³/mol. The molecule has 0 saturated heterocycles. The number of nitriles is 2. The summed E-state index contributed by atoms with van der Waals surface area (Å²) in [5.74, 6) is 0. The molecule has 0 aliphatic rings. The molecule has 0 spiro atoms. The van der Waals surface area contributed by atoms with Crippen LogP contribution in [-0.2, 0) is 18.4 Å². The molecular weight excluding hydrogens is 548 g/mol. The van der Waals surface area contributed by atoms with Gasteiger partial charge >= 0.3 is 0 Å². The van der Waals surface area contributed by atoms with Crippen LogP contribution in [-0.4, -0.2) is 9.55 Å². The van der Waals surface area contributed by atoms with E-state index in [1.807, 2.05) is 60.1 Å². The van der Waals surface area contributed by atoms with Crippen LogP contribution in [0.2, 0.25) is 0 Å². The van der Waals surface area contributed by atoms with Crippen molar-refractivity contribution in [1.29, 1.82) is 10.5 Å². The van der Waals surface area contributed by atoms with Gasteiger partial charge < -0.3 is 9.30 Å². The number of fused-ring (bicyclic) bond motifs is 1. The van der Waals surface area contributed by atoms with Crippen molar-refractivity contribution >= 4 is 39.1 Å². The van der Waals surface area contributed by atoms with Crippen molar-refractivity contribution in [3.63, 3.8) is 0 Å². The molecule has 1 aromatic heterocycles. The summed E-state index contributed by atoms with van der Waals surface area (Å²) in [4.78, 5) is 4.30. The van der Waals surface area contributed by atoms with Gasteiger partial charge in [0.2, 0.25) is 0 Å². The second-order valence-electron chi connectivity index (χ2n) is 8.49. The number of benzene rings is 4. The van der Waals surface area contributed by atoms with Gasteiger partial charge in [0.1, 0.15) is 12.2 Å². The number of nitrogens with zero attached hydrogens (tertiary/aromatic N) is 4. The monoisotopic (exact) mass is 568 g/mol. The first-order chi connectivity index (χ1) is 17.6. The summed E-state index contributed by atoms with van der Waals surface area (Å²) in [5.41, 5.74) is 5.82. The highest BCUT2D eigenvalue weighted by Gasteiger charge is 2.21. The van der Waals surface area contributed by atoms with Gasteiger partial charge in [0.05, 0.1) is 42.0 Å². The van der Waals surface area contributed by atoms with Crippen LogP contribution in [0.1, 0.15) is 34.1 Å². The highest BCUT2D eigenvalue weighted by Crippen LogP contribution is 2.35. The lowest BCUT2D eigenvalue weighted by Crippen LogP contribution is -2.11. The summed E-state index contributed by atoms with van der Waals surface area (Å²) in [5, 5.41) is 21.3. The molecule has 1 atom stereocenters. The Hall–Kier alpha value is -3.94. The van der Waals surface area contributed by atoms with Crippen molar-refractivity contribution in [1.82, 2.24) is 9.55 Å². The van der Waals surface area contributed by atoms with E-state index in [0.717, 1.165) is 43.2 Å². The van der Waals surface area contributed by atoms with E-state index in [9.17, 15) is 10.5 Å². The lowest BCUT2D eigenvalue weighted by atomic mass is 9.92. The van der Waals surface area contributed by atoms with Crippen molar-refractivity contribution in [3.8, 4) is 23.3 Å². The minimum atomic E-state index is -0.409. The Morgan fingerprint density at radius 2 is 1.68 bits per heavy atom. The first kappa shape index (κ1) is 26.1. The molecule has 182 valence electrons. The highest BCUT2D eigenvalue weighted by molar-refractivity contribution is 9.10. The Kier molecular flexibility index (Phi) is 8.06. The highest BCUT2D eigenvalue weighted by atomic mass is 79.9. The standard InChI is InChI=1S/C30H21BrN4O.ClH/c1-35-19-34-17-29(35)30(36-18-20-9-10-24(16-33)28(31)13-20)22-11-12-23(15-32)27(14-22)26-8-4-6-21-5-2-3-7-25(21)26;/h2-14,17,19,30H,18H2,1H3;1H. The van der Waals surface area contributed by atoms with Crippen LogP contribution >= 0.6 is 28.3 Å². The molecule has 0 saturated carbocycles. The largest absolute Gasteiger partial charge is 0.363 e. The fraction of sp³-hybridized carbons (Fsp3) is 0.100. The zero-order valence-corrected chi connectivity index (χ0v) is 22.3. The summed E-state index contributed by atoms with van der Waals surface area (Å²) in [6.45, 7) is 0.337. The van der Waals surface area contributed by atoms with Gasteiger partial charge in [0.25, 0.3) is 0 Å². The van der Waals surface area contributed by atoms with E-state index in [4.69, 9.17) is 4.74 Å². The average molecular weight is 570 g/mol. The van der Waals surface area contributed by atoms with Crippen molar-refractivity contribution in [2.24, 2.45) is 7.05 Å². The number of halogens is 2. The summed E-state index contributed by atoms with van der Waals surface area (Å²) in [6.07, 6.45) is 3.14. The summed E-state index contributed by atoms with van der Waals surface area (Å²) in [6, 6.07) is 30.3. The Morgan fingerprint density at radius 3 is 2.41 bits per heavy atom. The van der Waals surface area contributed by atoms with Crippen LogP contribution in [0.3, 0.4) is 0 Å². The average Bonchev–Trinajstić information content (AvgIpc) is 3.34. The maximum absolute atomic E-state index is 9.91. The van der Waals surface area contributed by atoms with Crippen molar-refractivity contribution in [2.45, 2.75) is 12.7 Å². The minimum absolute atomic E-state index is 0. The fourth-order valence-corrected chi connectivity index (χ4v) is 4.91. The Morgan fingerprint density at radius 1 is 0.919 bits per heavy atom. The number of imidazole rings is 1. The quantitative estimate of drug-likeness (QED) is 0.212. The van der Waals surface area contributed by atoms with E-state index in [2.05, 4.69) is 57.3 Å². The van der Waals surface area contributed by atoms with Gasteiger partial charge in [-0.1, -0.05) is 54.6 Å². The zero-order valence-electron chi connectivity index (χ0n) is 19.9. The number of aryl methyl sites for hydroxylation is 1. The zero-order chi connectivity index (χ0) is 25.1. The molecule has 7 heteroatoms. The van der Waals surface area contributed by atoms with E-state index in [0.29, 0.717) is 17.7 Å². The van der Waals surface area contributed by atoms with Crippen molar-refractivity contribution < 1.29 is 4.74 Å². The summed E-state index contributed by atoms with van der Waals surface area (Å²) < 4.78 is 9.15. The van der Waals surface area contributed by atoms with Gasteiger partial charge in [-0.05, 0) is 67.7 Å². The Bertz CT molecular complexity index is 1660. The lowest BCUT2D eigenvalue weighted by Gasteiger charge is -2.21. The molecule has 0 bridgehead atoms. The van der Waals surface area contributed by atoms with E-state index >= 15 is 0 Å². The molecule has 0 amide bonds. The van der Waals surface area contributed by atoms with E-state index in [1.165, 1.54) is 0 Å². The Balaban J connectivity index is 0.00000320. The van der Waals surface area contributed by atoms with Gasteiger partial charge in [-0.3, -0.25) is 0 Å². The predicted octanol–water partition coefficient (Wildman–Crippen LogP) is 7.47. The van der Waals surface area contributed by atoms with Crippen molar-refractivity contribution in [3.05, 3.63) is 124 Å². The van der Waals surface area contributed by atoms with Crippen LogP contribution in [0, 0.1) is 22.7 Å². The molecule has 5 nitrogen and oxygen atoms in total. The van der Waals surface area contributed by atoms with E-state index in [1.54, 1.807) is 18.6 Å². The molecule has 4 aromatic carbocycles. The molecule has 0 fully saturated rings. The molecular formula is C30H22BrClN4O. The van der Waals surface area contributed by atoms with E-state index in [-0.39, 0.29) is 12.4 Å². The maximum atomic E-state index is 9.91. The second-order valence-corrected chi connectivity index (χ2v) is 9.34. The third kappa shape index (κ3) is 5.28. The molecule has 5 rings (SSSR count). The number of rotatable bonds is 6. The minimum Gasteiger partial charge on any atom is -0.363 e. The normalized spacial score (nSPS) is 11.4. The molecule has 0 N–H and O–H groups in total. The van der Waals surface area contributed by atoms with Crippen LogP contribution in [0.4, 0.5) is 0 Å². The SMILES string of the molecule is Cl.Cn1cncc1C(OCc1ccc(C#N)c(Br)c1)c1ccc(C#N)c(-c2cccc3ccccc23)c1. The number of hydrogen-bond acceptors (Lipinski definition) is 4. The molecule has 0 radical (unpaired) electrons. The number of aromatic nitrogens is 2. The van der Waals surface area contributed by atoms with Crippen LogP contribution in [0.25, 0.3) is 21.9 Å². The van der Waals surface area contributed by atoms with Gasteiger partial charge in [0.15, 0.2) is 0 Å². The molecule has 0 aliphatic carbocycles. The molecule has 5 aromatic rings. The topological polar surface area (TPSA) is 74.6 Å². The number of hydrogen-bond donors (Lipinski definition) is 0. The Labute approximate surface area is 230 Å². The number of ether oxygens (including phenoxy) is 1. The van der Waals surface area contributed by atoms with Gasteiger partial charge in [-0.25, -0.2) is 4.98 Å². The smallest absolute Gasteiger partial charge is 0.124 e. The summed E-state index contributed by atoms with van der Waals surface area (Å²) >= 11 is 3.46. The van der Waals surface area contributed by atoms with Crippen LogP contribution in [0.15, 0.2) is 95.9 Å². The third-order valence-corrected chi connectivity index (χ3v) is 6.90. The third-order valence-electron chi connectivity index (χ3n) is 6.24. The van der Waals surface area contributed by atoms with Gasteiger partial charge in [0, 0.05) is 17.1 Å². The molecule has 1 heterocycles. The fourth-order valence-electron chi connectivity index (χ4n) is 4.40. The molecule has 1 unspecified atom stereocenters. The first-order valence-electron chi connectivity index (χ1n) is 11.4. The summed E-state index contributed by atoms with van der Waals surface area (Å²) in [7, 11) is 1.94. The van der Waals surface area contributed by atoms with E-state index < -0.39 is 6.10 Å². The maximum Gasteiger partial charge on any atom is 0.124 e. The molecule has 37 heavy (non-hydrogen) atoms. The van der Waals surface area contributed by atoms with Crippen molar-refractivity contribution in [2.75, 3.05) is 0 Å².